The van der Waals surface area contributed by atoms with E-state index in [4.69, 9.17) is 16.3 Å². The van der Waals surface area contributed by atoms with Gasteiger partial charge >= 0.3 is 0 Å². The summed E-state index contributed by atoms with van der Waals surface area (Å²) in [6.45, 7) is 0.603. The third-order valence-electron chi connectivity index (χ3n) is 5.11. The van der Waals surface area contributed by atoms with Crippen LogP contribution in [0.3, 0.4) is 0 Å². The number of carbonyl (C=O) groups excluding carboxylic acids is 1. The van der Waals surface area contributed by atoms with Crippen LogP contribution in [0.15, 0.2) is 54.7 Å². The highest BCUT2D eigenvalue weighted by Crippen LogP contribution is 2.27. The Balaban J connectivity index is 1.63. The summed E-state index contributed by atoms with van der Waals surface area (Å²) in [6, 6.07) is 14.8. The Morgan fingerprint density at radius 3 is 2.96 bits per heavy atom. The number of pyridine rings is 2. The van der Waals surface area contributed by atoms with E-state index < -0.39 is 11.6 Å². The van der Waals surface area contributed by atoms with Crippen LogP contribution in [-0.2, 0) is 11.2 Å². The van der Waals surface area contributed by atoms with E-state index in [1.807, 2.05) is 36.4 Å². The molecule has 28 heavy (non-hydrogen) atoms. The molecule has 0 unspecified atom stereocenters. The van der Waals surface area contributed by atoms with E-state index in [0.29, 0.717) is 30.3 Å². The minimum absolute atomic E-state index is 0.157. The van der Waals surface area contributed by atoms with E-state index in [2.05, 4.69) is 15.3 Å². The number of halogens is 1. The molecule has 2 atom stereocenters. The summed E-state index contributed by atoms with van der Waals surface area (Å²) >= 11 is 6.01. The molecule has 0 bridgehead atoms. The average molecular weight is 398 g/mol. The zero-order chi connectivity index (χ0) is 19.6. The van der Waals surface area contributed by atoms with E-state index >= 15 is 0 Å². The molecule has 1 aliphatic heterocycles. The number of benzene rings is 1. The van der Waals surface area contributed by atoms with Crippen molar-refractivity contribution in [3.05, 3.63) is 71.1 Å². The second-order valence-corrected chi connectivity index (χ2v) is 7.39. The molecule has 1 saturated heterocycles. The molecule has 1 aliphatic rings. The monoisotopic (exact) mass is 397 g/mol. The maximum atomic E-state index is 13.0. The summed E-state index contributed by atoms with van der Waals surface area (Å²) < 4.78 is 5.39. The van der Waals surface area contributed by atoms with E-state index in [1.54, 1.807) is 18.3 Å². The lowest BCUT2D eigenvalue weighted by Gasteiger charge is -2.42. The van der Waals surface area contributed by atoms with Gasteiger partial charge < -0.3 is 15.2 Å². The minimum Gasteiger partial charge on any atom is -0.388 e. The molecule has 1 aromatic carbocycles. The number of nitrogens with one attached hydrogen (secondary N) is 1. The fourth-order valence-corrected chi connectivity index (χ4v) is 3.77. The Morgan fingerprint density at radius 1 is 1.29 bits per heavy atom. The van der Waals surface area contributed by atoms with Crippen LogP contribution in [0.1, 0.15) is 22.5 Å². The van der Waals surface area contributed by atoms with Crippen LogP contribution >= 0.6 is 11.6 Å². The SMILES string of the molecule is O=C(N[C@@]1(Cc2ccnc(Cl)c2)CCOC[C@@H]1O)c1ccc2ccccc2n1. The normalized spacial score (nSPS) is 22.1. The molecule has 2 N–H and O–H groups in total. The number of rotatable bonds is 4. The van der Waals surface area contributed by atoms with Crippen molar-refractivity contribution >= 4 is 28.4 Å². The molecule has 4 rings (SSSR count). The average Bonchev–Trinajstić information content (AvgIpc) is 2.70. The molecule has 3 aromatic rings. The van der Waals surface area contributed by atoms with Crippen molar-refractivity contribution in [1.29, 1.82) is 0 Å². The van der Waals surface area contributed by atoms with Gasteiger partial charge in [0.25, 0.3) is 5.91 Å². The van der Waals surface area contributed by atoms with E-state index in [-0.39, 0.29) is 12.5 Å². The molecule has 6 nitrogen and oxygen atoms in total. The van der Waals surface area contributed by atoms with Gasteiger partial charge in [0.15, 0.2) is 0 Å². The van der Waals surface area contributed by atoms with Crippen molar-refractivity contribution in [2.45, 2.75) is 24.5 Å². The Kier molecular flexibility index (Phi) is 5.26. The number of aliphatic hydroxyl groups is 1. The predicted molar refractivity (Wildman–Crippen MR) is 106 cm³/mol. The van der Waals surface area contributed by atoms with Crippen LogP contribution in [0.5, 0.6) is 0 Å². The maximum Gasteiger partial charge on any atom is 0.270 e. The minimum atomic E-state index is -0.868. The number of para-hydroxylation sites is 1. The largest absolute Gasteiger partial charge is 0.388 e. The first-order valence-corrected chi connectivity index (χ1v) is 9.48. The molecule has 3 heterocycles. The van der Waals surface area contributed by atoms with Gasteiger partial charge in [-0.3, -0.25) is 4.79 Å². The summed E-state index contributed by atoms with van der Waals surface area (Å²) in [7, 11) is 0. The maximum absolute atomic E-state index is 13.0. The van der Waals surface area contributed by atoms with Gasteiger partial charge in [0, 0.05) is 18.2 Å². The Morgan fingerprint density at radius 2 is 2.14 bits per heavy atom. The fourth-order valence-electron chi connectivity index (χ4n) is 3.57. The van der Waals surface area contributed by atoms with Crippen LogP contribution in [0.4, 0.5) is 0 Å². The Bertz CT molecular complexity index is 1010. The van der Waals surface area contributed by atoms with Gasteiger partial charge in [-0.05, 0) is 42.7 Å². The lowest BCUT2D eigenvalue weighted by Crippen LogP contribution is -2.62. The van der Waals surface area contributed by atoms with E-state index in [0.717, 1.165) is 16.5 Å². The predicted octanol–water partition coefficient (Wildman–Crippen LogP) is 2.78. The first-order valence-electron chi connectivity index (χ1n) is 9.10. The van der Waals surface area contributed by atoms with Gasteiger partial charge in [-0.25, -0.2) is 9.97 Å². The quantitative estimate of drug-likeness (QED) is 0.661. The second-order valence-electron chi connectivity index (χ2n) is 7.00. The number of carbonyl (C=O) groups is 1. The zero-order valence-corrected chi connectivity index (χ0v) is 15.9. The van der Waals surface area contributed by atoms with E-state index in [1.165, 1.54) is 0 Å². The van der Waals surface area contributed by atoms with Gasteiger partial charge in [0.1, 0.15) is 17.0 Å². The first-order chi connectivity index (χ1) is 13.6. The molecule has 0 aliphatic carbocycles. The van der Waals surface area contributed by atoms with Crippen molar-refractivity contribution in [2.24, 2.45) is 0 Å². The van der Waals surface area contributed by atoms with Crippen LogP contribution in [0.2, 0.25) is 5.15 Å². The van der Waals surface area contributed by atoms with Crippen molar-refractivity contribution in [3.63, 3.8) is 0 Å². The Hall–Kier alpha value is -2.54. The molecule has 2 aromatic heterocycles. The van der Waals surface area contributed by atoms with Crippen LogP contribution in [0, 0.1) is 0 Å². The molecule has 7 heteroatoms. The van der Waals surface area contributed by atoms with Crippen LogP contribution in [-0.4, -0.2) is 45.8 Å². The van der Waals surface area contributed by atoms with Crippen molar-refractivity contribution in [1.82, 2.24) is 15.3 Å². The second kappa shape index (κ2) is 7.83. The lowest BCUT2D eigenvalue weighted by molar-refractivity contribution is -0.0675. The Labute approximate surface area is 167 Å². The first kappa shape index (κ1) is 18.8. The molecule has 0 radical (unpaired) electrons. The number of hydrogen-bond acceptors (Lipinski definition) is 5. The van der Waals surface area contributed by atoms with Gasteiger partial charge in [0.05, 0.1) is 17.7 Å². The third kappa shape index (κ3) is 3.85. The van der Waals surface area contributed by atoms with Crippen LogP contribution in [0.25, 0.3) is 10.9 Å². The fraction of sp³-hybridized carbons (Fsp3) is 0.286. The number of fused-ring (bicyclic) bond motifs is 1. The van der Waals surface area contributed by atoms with Gasteiger partial charge in [0.2, 0.25) is 0 Å². The lowest BCUT2D eigenvalue weighted by atomic mass is 9.81. The number of aliphatic hydroxyl groups excluding tert-OH is 1. The summed E-state index contributed by atoms with van der Waals surface area (Å²) in [5.74, 6) is -0.327. The van der Waals surface area contributed by atoms with Crippen molar-refractivity contribution in [3.8, 4) is 0 Å². The van der Waals surface area contributed by atoms with Gasteiger partial charge in [-0.1, -0.05) is 35.9 Å². The zero-order valence-electron chi connectivity index (χ0n) is 15.1. The van der Waals surface area contributed by atoms with Gasteiger partial charge in [-0.2, -0.15) is 0 Å². The van der Waals surface area contributed by atoms with Crippen LogP contribution < -0.4 is 5.32 Å². The highest BCUT2D eigenvalue weighted by molar-refractivity contribution is 6.29. The standard InChI is InChI=1S/C21H20ClN3O3/c22-19-11-14(7-9-23-19)12-21(8-10-28-13-18(21)26)25-20(27)17-6-5-15-3-1-2-4-16(15)24-17/h1-7,9,11,18,26H,8,10,12-13H2,(H,25,27)/t18-,21+/m0/s1. The van der Waals surface area contributed by atoms with Crippen molar-refractivity contribution < 1.29 is 14.6 Å². The molecule has 0 spiro atoms. The number of nitrogens with zero attached hydrogens (tertiary/aromatic N) is 2. The number of amides is 1. The number of hydrogen-bond donors (Lipinski definition) is 2. The molecule has 144 valence electrons. The highest BCUT2D eigenvalue weighted by Gasteiger charge is 2.42. The summed E-state index contributed by atoms with van der Waals surface area (Å²) in [5, 5.41) is 15.1. The molecular formula is C21H20ClN3O3. The summed E-state index contributed by atoms with van der Waals surface area (Å²) in [6.07, 6.45) is 1.66. The number of aromatic nitrogens is 2. The van der Waals surface area contributed by atoms with E-state index in [9.17, 15) is 9.90 Å². The highest BCUT2D eigenvalue weighted by atomic mass is 35.5. The molecule has 1 amide bonds. The molecule has 0 saturated carbocycles. The topological polar surface area (TPSA) is 84.3 Å². The molecule has 1 fully saturated rings. The summed E-state index contributed by atoms with van der Waals surface area (Å²) in [4.78, 5) is 21.5. The summed E-state index contributed by atoms with van der Waals surface area (Å²) in [5.41, 5.74) is 1.07. The third-order valence-corrected chi connectivity index (χ3v) is 5.32. The smallest absolute Gasteiger partial charge is 0.270 e. The number of ether oxygens (including phenoxy) is 1. The molecular weight excluding hydrogens is 378 g/mol. The van der Waals surface area contributed by atoms with Gasteiger partial charge in [-0.15, -0.1) is 0 Å². The van der Waals surface area contributed by atoms with Crippen molar-refractivity contribution in [2.75, 3.05) is 13.2 Å².